The monoisotopic (exact) mass is 395 g/mol. The van der Waals surface area contributed by atoms with Crippen molar-refractivity contribution in [2.45, 2.75) is 52.6 Å². The summed E-state index contributed by atoms with van der Waals surface area (Å²) in [4.78, 5) is 27.1. The molecule has 2 atom stereocenters. The number of amides is 2. The lowest BCUT2D eigenvalue weighted by molar-refractivity contribution is -0.127. The SMILES string of the molecule is CCC[C@@H](NC(=O)[C@H](C)N(C)CC(=O)Nc1c(C)cccc1C)c1ccccc1. The third-order valence-electron chi connectivity index (χ3n) is 5.27. The first kappa shape index (κ1) is 22.6. The van der Waals surface area contributed by atoms with Gasteiger partial charge < -0.3 is 10.6 Å². The van der Waals surface area contributed by atoms with Crippen molar-refractivity contribution in [3.63, 3.8) is 0 Å². The number of hydrogen-bond acceptors (Lipinski definition) is 3. The summed E-state index contributed by atoms with van der Waals surface area (Å²) in [6.07, 6.45) is 1.85. The van der Waals surface area contributed by atoms with E-state index in [-0.39, 0.29) is 24.4 Å². The summed E-state index contributed by atoms with van der Waals surface area (Å²) in [7, 11) is 1.80. The van der Waals surface area contributed by atoms with Gasteiger partial charge in [-0.15, -0.1) is 0 Å². The van der Waals surface area contributed by atoms with Crippen LogP contribution >= 0.6 is 0 Å². The molecule has 0 aliphatic carbocycles. The van der Waals surface area contributed by atoms with E-state index in [4.69, 9.17) is 0 Å². The summed E-state index contributed by atoms with van der Waals surface area (Å²) in [5.74, 6) is -0.201. The zero-order chi connectivity index (χ0) is 21.4. The zero-order valence-corrected chi connectivity index (χ0v) is 18.2. The van der Waals surface area contributed by atoms with Gasteiger partial charge in [0.25, 0.3) is 0 Å². The highest BCUT2D eigenvalue weighted by Gasteiger charge is 2.23. The van der Waals surface area contributed by atoms with E-state index in [1.54, 1.807) is 11.9 Å². The van der Waals surface area contributed by atoms with Crippen LogP contribution in [0.3, 0.4) is 0 Å². The van der Waals surface area contributed by atoms with Crippen molar-refractivity contribution in [1.82, 2.24) is 10.2 Å². The van der Waals surface area contributed by atoms with Gasteiger partial charge in [-0.2, -0.15) is 0 Å². The molecule has 0 aliphatic rings. The Balaban J connectivity index is 1.96. The molecule has 156 valence electrons. The Bertz CT molecular complexity index is 800. The molecule has 0 bridgehead atoms. The van der Waals surface area contributed by atoms with Gasteiger partial charge in [-0.3, -0.25) is 14.5 Å². The van der Waals surface area contributed by atoms with E-state index < -0.39 is 6.04 Å². The molecule has 5 heteroatoms. The van der Waals surface area contributed by atoms with Gasteiger partial charge in [0, 0.05) is 5.69 Å². The van der Waals surface area contributed by atoms with Crippen LogP contribution in [-0.2, 0) is 9.59 Å². The summed E-state index contributed by atoms with van der Waals surface area (Å²) in [6.45, 7) is 8.02. The molecule has 0 heterocycles. The van der Waals surface area contributed by atoms with Crippen LogP contribution < -0.4 is 10.6 Å². The van der Waals surface area contributed by atoms with Crippen LogP contribution in [0.4, 0.5) is 5.69 Å². The zero-order valence-electron chi connectivity index (χ0n) is 18.2. The standard InChI is InChI=1S/C24H33N3O2/c1-6-11-21(20-14-8-7-9-15-20)25-24(29)19(4)27(5)16-22(28)26-23-17(2)12-10-13-18(23)3/h7-10,12-15,19,21H,6,11,16H2,1-5H3,(H,25,29)(H,26,28)/t19-,21+/m0/s1. The Morgan fingerprint density at radius 2 is 1.62 bits per heavy atom. The molecular weight excluding hydrogens is 362 g/mol. The van der Waals surface area contributed by atoms with E-state index in [0.29, 0.717) is 0 Å². The summed E-state index contributed by atoms with van der Waals surface area (Å²) in [5.41, 5.74) is 3.99. The maximum atomic E-state index is 12.8. The third kappa shape index (κ3) is 6.43. The van der Waals surface area contributed by atoms with Crippen LogP contribution in [0.1, 0.15) is 49.4 Å². The highest BCUT2D eigenvalue weighted by molar-refractivity contribution is 5.94. The van der Waals surface area contributed by atoms with Gasteiger partial charge in [0.2, 0.25) is 11.8 Å². The molecule has 29 heavy (non-hydrogen) atoms. The number of benzene rings is 2. The molecule has 0 radical (unpaired) electrons. The first-order valence-electron chi connectivity index (χ1n) is 10.2. The molecule has 0 aromatic heterocycles. The number of anilines is 1. The fourth-order valence-corrected chi connectivity index (χ4v) is 3.34. The number of likely N-dealkylation sites (N-methyl/N-ethyl adjacent to an activating group) is 1. The molecule has 5 nitrogen and oxygen atoms in total. The van der Waals surface area contributed by atoms with Crippen LogP contribution in [0.25, 0.3) is 0 Å². The summed E-state index contributed by atoms with van der Waals surface area (Å²) in [6, 6.07) is 15.5. The van der Waals surface area contributed by atoms with Crippen LogP contribution in [0.15, 0.2) is 48.5 Å². The lowest BCUT2D eigenvalue weighted by atomic mass is 10.0. The highest BCUT2D eigenvalue weighted by atomic mass is 16.2. The molecular formula is C24H33N3O2. The van der Waals surface area contributed by atoms with Crippen molar-refractivity contribution in [2.24, 2.45) is 0 Å². The average Bonchev–Trinajstić information content (AvgIpc) is 2.70. The molecule has 0 aliphatic heterocycles. The number of hydrogen-bond donors (Lipinski definition) is 2. The van der Waals surface area contributed by atoms with Crippen molar-refractivity contribution >= 4 is 17.5 Å². The smallest absolute Gasteiger partial charge is 0.238 e. The Hall–Kier alpha value is -2.66. The van der Waals surface area contributed by atoms with Crippen LogP contribution in [-0.4, -0.2) is 36.3 Å². The van der Waals surface area contributed by atoms with Gasteiger partial charge in [0.15, 0.2) is 0 Å². The van der Waals surface area contributed by atoms with Crippen molar-refractivity contribution in [3.8, 4) is 0 Å². The van der Waals surface area contributed by atoms with Gasteiger partial charge in [-0.05, 0) is 50.9 Å². The maximum Gasteiger partial charge on any atom is 0.238 e. The molecule has 0 fully saturated rings. The fraction of sp³-hybridized carbons (Fsp3) is 0.417. The Morgan fingerprint density at radius 1 is 1.00 bits per heavy atom. The average molecular weight is 396 g/mol. The lowest BCUT2D eigenvalue weighted by Gasteiger charge is -2.26. The minimum atomic E-state index is -0.415. The van der Waals surface area contributed by atoms with E-state index in [1.165, 1.54) is 0 Å². The van der Waals surface area contributed by atoms with Crippen LogP contribution in [0.2, 0.25) is 0 Å². The number of aryl methyl sites for hydroxylation is 2. The molecule has 2 aromatic rings. The maximum absolute atomic E-state index is 12.8. The van der Waals surface area contributed by atoms with Gasteiger partial charge in [0.1, 0.15) is 0 Å². The molecule has 0 spiro atoms. The quantitative estimate of drug-likeness (QED) is 0.668. The first-order valence-corrected chi connectivity index (χ1v) is 10.2. The molecule has 2 rings (SSSR count). The minimum Gasteiger partial charge on any atom is -0.348 e. The lowest BCUT2D eigenvalue weighted by Crippen LogP contribution is -2.46. The second-order valence-corrected chi connectivity index (χ2v) is 7.67. The number of nitrogens with one attached hydrogen (secondary N) is 2. The predicted molar refractivity (Wildman–Crippen MR) is 119 cm³/mol. The van der Waals surface area contributed by atoms with Crippen molar-refractivity contribution < 1.29 is 9.59 Å². The van der Waals surface area contributed by atoms with Gasteiger partial charge in [-0.25, -0.2) is 0 Å². The van der Waals surface area contributed by atoms with Crippen molar-refractivity contribution in [1.29, 1.82) is 0 Å². The van der Waals surface area contributed by atoms with E-state index in [1.807, 2.05) is 69.3 Å². The summed E-state index contributed by atoms with van der Waals surface area (Å²) in [5, 5.41) is 6.12. The minimum absolute atomic E-state index is 0.0204. The summed E-state index contributed by atoms with van der Waals surface area (Å²) >= 11 is 0. The van der Waals surface area contributed by atoms with Gasteiger partial charge >= 0.3 is 0 Å². The molecule has 2 aromatic carbocycles. The summed E-state index contributed by atoms with van der Waals surface area (Å²) < 4.78 is 0. The normalized spacial score (nSPS) is 13.0. The number of carbonyl (C=O) groups is 2. The Morgan fingerprint density at radius 3 is 2.21 bits per heavy atom. The van der Waals surface area contributed by atoms with Crippen molar-refractivity contribution in [3.05, 3.63) is 65.2 Å². The molecule has 2 N–H and O–H groups in total. The van der Waals surface area contributed by atoms with E-state index in [2.05, 4.69) is 17.6 Å². The number of nitrogens with zero attached hydrogens (tertiary/aromatic N) is 1. The largest absolute Gasteiger partial charge is 0.348 e. The van der Waals surface area contributed by atoms with Gasteiger partial charge in [-0.1, -0.05) is 61.9 Å². The van der Waals surface area contributed by atoms with Crippen LogP contribution in [0.5, 0.6) is 0 Å². The van der Waals surface area contributed by atoms with Gasteiger partial charge in [0.05, 0.1) is 18.6 Å². The number of para-hydroxylation sites is 1. The Kier molecular flexibility index (Phi) is 8.40. The van der Waals surface area contributed by atoms with Crippen LogP contribution in [0, 0.1) is 13.8 Å². The molecule has 2 amide bonds. The highest BCUT2D eigenvalue weighted by Crippen LogP contribution is 2.20. The van der Waals surface area contributed by atoms with E-state index in [0.717, 1.165) is 35.2 Å². The number of carbonyl (C=O) groups excluding carboxylic acids is 2. The third-order valence-corrected chi connectivity index (χ3v) is 5.27. The fourth-order valence-electron chi connectivity index (χ4n) is 3.34. The number of rotatable bonds is 9. The predicted octanol–water partition coefficient (Wildman–Crippen LogP) is 4.22. The Labute approximate surface area is 174 Å². The second kappa shape index (κ2) is 10.8. The van der Waals surface area contributed by atoms with E-state index in [9.17, 15) is 9.59 Å². The molecule has 0 saturated heterocycles. The molecule has 0 unspecified atom stereocenters. The van der Waals surface area contributed by atoms with Crippen molar-refractivity contribution in [2.75, 3.05) is 18.9 Å². The molecule has 0 saturated carbocycles. The second-order valence-electron chi connectivity index (χ2n) is 7.67. The topological polar surface area (TPSA) is 61.4 Å². The first-order chi connectivity index (χ1) is 13.8. The van der Waals surface area contributed by atoms with E-state index >= 15 is 0 Å².